The molecule has 0 fully saturated rings. The van der Waals surface area contributed by atoms with Crippen molar-refractivity contribution in [3.8, 4) is 5.69 Å². The molecule has 0 saturated heterocycles. The molecule has 1 heterocycles. The van der Waals surface area contributed by atoms with E-state index >= 15 is 0 Å². The lowest BCUT2D eigenvalue weighted by Crippen LogP contribution is -2.39. The number of hydrazone groups is 1. The molecule has 1 amide bonds. The molecule has 0 atom stereocenters. The van der Waals surface area contributed by atoms with Crippen molar-refractivity contribution in [1.82, 2.24) is 9.99 Å². The van der Waals surface area contributed by atoms with E-state index in [2.05, 4.69) is 31.0 Å². The Morgan fingerprint density at radius 1 is 1.19 bits per heavy atom. The third-order valence-electron chi connectivity index (χ3n) is 4.76. The summed E-state index contributed by atoms with van der Waals surface area (Å²) in [7, 11) is -3.88. The number of carbonyl (C=O) groups is 1. The third-order valence-corrected chi connectivity index (χ3v) is 6.41. The lowest BCUT2D eigenvalue weighted by atomic mass is 10.2. The zero-order chi connectivity index (χ0) is 23.5. The predicted molar refractivity (Wildman–Crippen MR) is 127 cm³/mol. The highest BCUT2D eigenvalue weighted by Gasteiger charge is 2.23. The SMILES string of the molecule is Cc1cc(/C=N\NC(=O)CN(c2ccccc2F)S(C)(=O)=O)c(C)n1-c1ccc(Br)cc1. The summed E-state index contributed by atoms with van der Waals surface area (Å²) in [6.45, 7) is 3.29. The maximum atomic E-state index is 14.1. The fourth-order valence-electron chi connectivity index (χ4n) is 3.28. The van der Waals surface area contributed by atoms with Gasteiger partial charge in [0.1, 0.15) is 12.4 Å². The van der Waals surface area contributed by atoms with Gasteiger partial charge < -0.3 is 4.57 Å². The third kappa shape index (κ3) is 5.43. The minimum Gasteiger partial charge on any atom is -0.318 e. The second kappa shape index (κ2) is 9.66. The summed E-state index contributed by atoms with van der Waals surface area (Å²) in [6, 6.07) is 15.1. The molecule has 1 aromatic heterocycles. The lowest BCUT2D eigenvalue weighted by molar-refractivity contribution is -0.119. The summed E-state index contributed by atoms with van der Waals surface area (Å²) < 4.78 is 42.0. The van der Waals surface area contributed by atoms with Crippen molar-refractivity contribution >= 4 is 43.8 Å². The minimum absolute atomic E-state index is 0.202. The summed E-state index contributed by atoms with van der Waals surface area (Å²) in [5.74, 6) is -1.44. The molecule has 0 radical (unpaired) electrons. The van der Waals surface area contributed by atoms with Gasteiger partial charge in [0.15, 0.2) is 0 Å². The molecule has 7 nitrogen and oxygen atoms in total. The number of amides is 1. The molecule has 0 bridgehead atoms. The van der Waals surface area contributed by atoms with Gasteiger partial charge in [0.2, 0.25) is 10.0 Å². The van der Waals surface area contributed by atoms with Crippen molar-refractivity contribution in [3.05, 3.63) is 81.8 Å². The number of rotatable bonds is 7. The maximum absolute atomic E-state index is 14.1. The van der Waals surface area contributed by atoms with E-state index in [1.54, 1.807) is 0 Å². The molecule has 1 N–H and O–H groups in total. The van der Waals surface area contributed by atoms with Gasteiger partial charge in [0, 0.05) is 27.1 Å². The number of aromatic nitrogens is 1. The van der Waals surface area contributed by atoms with Crippen molar-refractivity contribution in [3.63, 3.8) is 0 Å². The largest absolute Gasteiger partial charge is 0.318 e. The summed E-state index contributed by atoms with van der Waals surface area (Å²) in [6.07, 6.45) is 2.40. The van der Waals surface area contributed by atoms with Crippen LogP contribution in [0.2, 0.25) is 0 Å². The molecule has 32 heavy (non-hydrogen) atoms. The van der Waals surface area contributed by atoms with E-state index in [0.29, 0.717) is 4.31 Å². The quantitative estimate of drug-likeness (QED) is 0.378. The van der Waals surface area contributed by atoms with Gasteiger partial charge in [-0.2, -0.15) is 5.10 Å². The molecule has 0 spiro atoms. The van der Waals surface area contributed by atoms with E-state index in [1.807, 2.05) is 44.2 Å². The van der Waals surface area contributed by atoms with Crippen LogP contribution >= 0.6 is 15.9 Å². The Bertz CT molecular complexity index is 1270. The average molecular weight is 521 g/mol. The second-order valence-corrected chi connectivity index (χ2v) is 9.98. The highest BCUT2D eigenvalue weighted by atomic mass is 79.9. The van der Waals surface area contributed by atoms with Gasteiger partial charge in [-0.1, -0.05) is 28.1 Å². The first kappa shape index (κ1) is 23.7. The van der Waals surface area contributed by atoms with Crippen LogP contribution in [0, 0.1) is 19.7 Å². The Hall–Kier alpha value is -2.98. The number of halogens is 2. The summed E-state index contributed by atoms with van der Waals surface area (Å²) in [5, 5.41) is 3.96. The Morgan fingerprint density at radius 3 is 2.47 bits per heavy atom. The predicted octanol–water partition coefficient (Wildman–Crippen LogP) is 3.91. The van der Waals surface area contributed by atoms with Gasteiger partial charge in [0.25, 0.3) is 5.91 Å². The first-order chi connectivity index (χ1) is 15.1. The first-order valence-corrected chi connectivity index (χ1v) is 12.2. The van der Waals surface area contributed by atoms with Gasteiger partial charge in [-0.15, -0.1) is 0 Å². The number of nitrogens with zero attached hydrogens (tertiary/aromatic N) is 3. The van der Waals surface area contributed by atoms with Crippen LogP contribution in [-0.2, 0) is 14.8 Å². The van der Waals surface area contributed by atoms with Gasteiger partial charge >= 0.3 is 0 Å². The summed E-state index contributed by atoms with van der Waals surface area (Å²) >= 11 is 3.42. The fourth-order valence-corrected chi connectivity index (χ4v) is 4.40. The monoisotopic (exact) mass is 520 g/mol. The fraction of sp³-hybridized carbons (Fsp3) is 0.182. The minimum atomic E-state index is -3.88. The van der Waals surface area contributed by atoms with E-state index in [0.717, 1.165) is 39.4 Å². The smallest absolute Gasteiger partial charge is 0.260 e. The molecular weight excluding hydrogens is 499 g/mol. The van der Waals surface area contributed by atoms with Crippen molar-refractivity contribution in [2.24, 2.45) is 5.10 Å². The number of aryl methyl sites for hydroxylation is 1. The number of hydrogen-bond acceptors (Lipinski definition) is 4. The van der Waals surface area contributed by atoms with E-state index in [1.165, 1.54) is 24.4 Å². The number of sulfonamides is 1. The molecular formula is C22H22BrFN4O3S. The van der Waals surface area contributed by atoms with Crippen LogP contribution in [0.4, 0.5) is 10.1 Å². The van der Waals surface area contributed by atoms with Crippen molar-refractivity contribution in [1.29, 1.82) is 0 Å². The highest BCUT2D eigenvalue weighted by Crippen LogP contribution is 2.22. The zero-order valence-electron chi connectivity index (χ0n) is 17.7. The molecule has 3 rings (SSSR count). The van der Waals surface area contributed by atoms with Crippen LogP contribution in [0.5, 0.6) is 0 Å². The normalized spacial score (nSPS) is 11.7. The molecule has 0 aliphatic heterocycles. The van der Waals surface area contributed by atoms with Gasteiger partial charge in [-0.05, 0) is 56.3 Å². The van der Waals surface area contributed by atoms with Gasteiger partial charge in [-0.3, -0.25) is 9.10 Å². The van der Waals surface area contributed by atoms with Crippen molar-refractivity contribution in [2.75, 3.05) is 17.1 Å². The van der Waals surface area contributed by atoms with Crippen LogP contribution < -0.4 is 9.73 Å². The number of hydrogen-bond donors (Lipinski definition) is 1. The molecule has 10 heteroatoms. The number of benzene rings is 2. The number of carbonyl (C=O) groups excluding carboxylic acids is 1. The Kier molecular flexibility index (Phi) is 7.15. The lowest BCUT2D eigenvalue weighted by Gasteiger charge is -2.21. The first-order valence-electron chi connectivity index (χ1n) is 9.57. The Balaban J connectivity index is 1.74. The van der Waals surface area contributed by atoms with E-state index in [-0.39, 0.29) is 5.69 Å². The summed E-state index contributed by atoms with van der Waals surface area (Å²) in [4.78, 5) is 12.3. The van der Waals surface area contributed by atoms with Crippen LogP contribution in [0.25, 0.3) is 5.69 Å². The van der Waals surface area contributed by atoms with E-state index < -0.39 is 28.3 Å². The standard InChI is InChI=1S/C22H22BrFN4O3S/c1-15-12-17(16(2)28(15)19-10-8-18(23)9-11-19)13-25-26-22(29)14-27(32(3,30)31)21-7-5-4-6-20(21)24/h4-13H,14H2,1-3H3,(H,26,29)/b25-13-. The van der Waals surface area contributed by atoms with Gasteiger partial charge in [0.05, 0.1) is 18.2 Å². The molecule has 0 aliphatic carbocycles. The number of nitrogens with one attached hydrogen (secondary N) is 1. The zero-order valence-corrected chi connectivity index (χ0v) is 20.1. The van der Waals surface area contributed by atoms with E-state index in [9.17, 15) is 17.6 Å². The number of anilines is 1. The number of para-hydroxylation sites is 1. The average Bonchev–Trinajstić information content (AvgIpc) is 3.00. The molecule has 168 valence electrons. The molecule has 3 aromatic rings. The Labute approximate surface area is 194 Å². The van der Waals surface area contributed by atoms with Crippen molar-refractivity contribution in [2.45, 2.75) is 13.8 Å². The molecule has 0 saturated carbocycles. The van der Waals surface area contributed by atoms with Crippen molar-refractivity contribution < 1.29 is 17.6 Å². The van der Waals surface area contributed by atoms with Crippen LogP contribution in [0.3, 0.4) is 0 Å². The highest BCUT2D eigenvalue weighted by molar-refractivity contribution is 9.10. The second-order valence-electron chi connectivity index (χ2n) is 7.15. The van der Waals surface area contributed by atoms with E-state index in [4.69, 9.17) is 0 Å². The summed E-state index contributed by atoms with van der Waals surface area (Å²) in [5.41, 5.74) is 5.80. The van der Waals surface area contributed by atoms with Crippen LogP contribution in [0.1, 0.15) is 17.0 Å². The molecule has 0 aliphatic rings. The topological polar surface area (TPSA) is 83.8 Å². The molecule has 2 aromatic carbocycles. The maximum Gasteiger partial charge on any atom is 0.260 e. The van der Waals surface area contributed by atoms with Gasteiger partial charge in [-0.25, -0.2) is 18.2 Å². The van der Waals surface area contributed by atoms with Crippen LogP contribution in [0.15, 0.2) is 64.2 Å². The molecule has 0 unspecified atom stereocenters. The Morgan fingerprint density at radius 2 is 1.84 bits per heavy atom. The van der Waals surface area contributed by atoms with Crippen LogP contribution in [-0.4, -0.2) is 37.9 Å².